The fourth-order valence-corrected chi connectivity index (χ4v) is 8.72. The minimum absolute atomic E-state index is 0.240. The molecule has 0 amide bonds. The zero-order valence-electron chi connectivity index (χ0n) is 19.6. The molecule has 1 aliphatic rings. The topological polar surface area (TPSA) is 61.5 Å². The van der Waals surface area contributed by atoms with Gasteiger partial charge in [0.2, 0.25) is 0 Å². The van der Waals surface area contributed by atoms with Gasteiger partial charge >= 0.3 is 0 Å². The lowest BCUT2D eigenvalue weighted by Gasteiger charge is -2.18. The van der Waals surface area contributed by atoms with Crippen molar-refractivity contribution in [3.05, 3.63) is 70.2 Å². The highest BCUT2D eigenvalue weighted by Gasteiger charge is 2.26. The fourth-order valence-electron chi connectivity index (χ4n) is 4.32. The smallest absolute Gasteiger partial charge is 0.281 e. The molecule has 0 fully saturated rings. The normalized spacial score (nSPS) is 15.6. The number of rotatable bonds is 8. The Balaban J connectivity index is 1.56. The van der Waals surface area contributed by atoms with E-state index in [0.717, 1.165) is 22.8 Å². The van der Waals surface area contributed by atoms with Crippen LogP contribution in [-0.4, -0.2) is 25.3 Å². The van der Waals surface area contributed by atoms with Crippen molar-refractivity contribution in [1.82, 2.24) is 0 Å². The Morgan fingerprint density at radius 1 is 1.09 bits per heavy atom. The molecule has 0 atom stereocenters. The average Bonchev–Trinajstić information content (AvgIpc) is 3.47. The number of benzene rings is 2. The quantitative estimate of drug-likeness (QED) is 0.192. The van der Waals surface area contributed by atoms with Gasteiger partial charge in [-0.05, 0) is 43.2 Å². The summed E-state index contributed by atoms with van der Waals surface area (Å²) in [4.78, 5) is 4.78. The number of para-hydroxylation sites is 1. The number of hydrogen-bond acceptors (Lipinski definition) is 6. The van der Waals surface area contributed by atoms with Crippen molar-refractivity contribution in [3.8, 4) is 0 Å². The Hall–Kier alpha value is -2.17. The molecule has 5 nitrogen and oxygen atoms in total. The number of thiophene rings is 1. The van der Waals surface area contributed by atoms with Gasteiger partial charge in [-0.2, -0.15) is 13.0 Å². The van der Waals surface area contributed by atoms with E-state index in [0.29, 0.717) is 13.0 Å². The summed E-state index contributed by atoms with van der Waals surface area (Å²) in [6.07, 6.45) is 5.77. The second kappa shape index (κ2) is 10.1. The van der Waals surface area contributed by atoms with Crippen molar-refractivity contribution >= 4 is 75.9 Å². The molecule has 182 valence electrons. The van der Waals surface area contributed by atoms with Crippen LogP contribution < -0.4 is 9.47 Å². The molecule has 9 heteroatoms. The van der Waals surface area contributed by atoms with Crippen molar-refractivity contribution in [3.63, 3.8) is 0 Å². The summed E-state index contributed by atoms with van der Waals surface area (Å²) < 4.78 is 36.6. The van der Waals surface area contributed by atoms with Gasteiger partial charge in [0.1, 0.15) is 4.70 Å². The zero-order valence-corrected chi connectivity index (χ0v) is 22.9. The highest BCUT2D eigenvalue weighted by atomic mass is 32.2. The molecular weight excluding hydrogens is 517 g/mol. The maximum Gasteiger partial charge on any atom is 0.281 e. The van der Waals surface area contributed by atoms with Crippen LogP contribution in [0.25, 0.3) is 25.7 Å². The van der Waals surface area contributed by atoms with Crippen molar-refractivity contribution in [1.29, 1.82) is 0 Å². The third-order valence-electron chi connectivity index (χ3n) is 6.01. The first-order chi connectivity index (χ1) is 16.9. The largest absolute Gasteiger partial charge is 0.335 e. The number of thiazole rings is 1. The van der Waals surface area contributed by atoms with Crippen molar-refractivity contribution < 1.29 is 17.5 Å². The monoisotopic (exact) mass is 543 g/mol. The Morgan fingerprint density at radius 3 is 2.63 bits per heavy atom. The van der Waals surface area contributed by atoms with Crippen LogP contribution in [0.5, 0.6) is 0 Å². The van der Waals surface area contributed by atoms with E-state index in [-0.39, 0.29) is 5.75 Å². The molecule has 35 heavy (non-hydrogen) atoms. The third kappa shape index (κ3) is 5.06. The number of aromatic nitrogens is 1. The number of aryl methyl sites for hydroxylation is 1. The van der Waals surface area contributed by atoms with Gasteiger partial charge in [-0.1, -0.05) is 71.7 Å². The number of thioether (sulfide) groups is 1. The van der Waals surface area contributed by atoms with E-state index in [2.05, 4.69) is 77.9 Å². The van der Waals surface area contributed by atoms with Crippen LogP contribution in [0.15, 0.2) is 70.1 Å². The summed E-state index contributed by atoms with van der Waals surface area (Å²) in [6.45, 7) is 5.78. The minimum Gasteiger partial charge on any atom is -0.335 e. The molecule has 3 heterocycles. The molecule has 0 unspecified atom stereocenters. The Morgan fingerprint density at radius 2 is 1.86 bits per heavy atom. The van der Waals surface area contributed by atoms with Gasteiger partial charge in [-0.25, -0.2) is 0 Å². The lowest BCUT2D eigenvalue weighted by molar-refractivity contribution is -0.666. The second-order valence-corrected chi connectivity index (χ2v) is 13.0. The Bertz CT molecular complexity index is 1560. The zero-order chi connectivity index (χ0) is 24.6. The third-order valence-corrected chi connectivity index (χ3v) is 10.4. The van der Waals surface area contributed by atoms with E-state index < -0.39 is 10.1 Å². The van der Waals surface area contributed by atoms with E-state index in [1.807, 2.05) is 6.07 Å². The molecule has 0 radical (unpaired) electrons. The number of hydrogen-bond donors (Lipinski definition) is 1. The highest BCUT2D eigenvalue weighted by Crippen LogP contribution is 2.46. The molecule has 4 aromatic rings. The van der Waals surface area contributed by atoms with Gasteiger partial charge in [0, 0.05) is 34.0 Å². The molecule has 1 N–H and O–H groups in total. The summed E-state index contributed by atoms with van der Waals surface area (Å²) in [5, 5.41) is 3.56. The van der Waals surface area contributed by atoms with Gasteiger partial charge in [0.15, 0.2) is 6.54 Å². The molecule has 0 spiro atoms. The highest BCUT2D eigenvalue weighted by molar-refractivity contribution is 8.03. The van der Waals surface area contributed by atoms with E-state index in [1.165, 1.54) is 36.0 Å². The summed E-state index contributed by atoms with van der Waals surface area (Å²) in [5.74, 6) is -0.240. The summed E-state index contributed by atoms with van der Waals surface area (Å²) in [7, 11) is -3.99. The van der Waals surface area contributed by atoms with Gasteiger partial charge in [-0.3, -0.25) is 4.55 Å². The van der Waals surface area contributed by atoms with E-state index in [4.69, 9.17) is 0 Å². The molecular formula is C26H27N2O3S4+. The Kier molecular flexibility index (Phi) is 7.05. The van der Waals surface area contributed by atoms with Gasteiger partial charge < -0.3 is 4.90 Å². The number of fused-ring (bicyclic) bond motifs is 4. The fraction of sp³-hybridized carbons (Fsp3) is 0.269. The number of anilines is 1. The molecule has 5 rings (SSSR count). The SMILES string of the molecule is CCC(/C=C1\Sc2ccccc2N1CC)=C\c1sc2c3ccccc3sc2[n+]1CCCS(=O)(=O)O. The average molecular weight is 544 g/mol. The van der Waals surface area contributed by atoms with Crippen LogP contribution in [0.4, 0.5) is 5.69 Å². The van der Waals surface area contributed by atoms with Gasteiger partial charge in [0.05, 0.1) is 16.5 Å². The molecule has 1 aliphatic heterocycles. The first-order valence-electron chi connectivity index (χ1n) is 11.6. The molecule has 0 aliphatic carbocycles. The van der Waals surface area contributed by atoms with Crippen molar-refractivity contribution in [2.45, 2.75) is 38.1 Å². The summed E-state index contributed by atoms with van der Waals surface area (Å²) in [5.41, 5.74) is 2.48. The minimum atomic E-state index is -3.99. The van der Waals surface area contributed by atoms with Crippen LogP contribution >= 0.6 is 34.4 Å². The Labute approximate surface area is 218 Å². The van der Waals surface area contributed by atoms with Crippen LogP contribution in [0.2, 0.25) is 0 Å². The van der Waals surface area contributed by atoms with E-state index in [1.54, 1.807) is 34.4 Å². The van der Waals surface area contributed by atoms with Gasteiger partial charge in [-0.15, -0.1) is 0 Å². The van der Waals surface area contributed by atoms with Crippen molar-refractivity contribution in [2.75, 3.05) is 17.2 Å². The van der Waals surface area contributed by atoms with Crippen LogP contribution in [0.1, 0.15) is 31.7 Å². The lowest BCUT2D eigenvalue weighted by Crippen LogP contribution is -2.35. The first-order valence-corrected chi connectivity index (χ1v) is 15.7. The summed E-state index contributed by atoms with van der Waals surface area (Å²) >= 11 is 5.29. The maximum absolute atomic E-state index is 11.3. The molecule has 0 bridgehead atoms. The molecule has 0 saturated carbocycles. The van der Waals surface area contributed by atoms with Crippen molar-refractivity contribution in [2.24, 2.45) is 0 Å². The lowest BCUT2D eigenvalue weighted by atomic mass is 10.2. The second-order valence-electron chi connectivity index (χ2n) is 8.33. The molecule has 2 aromatic heterocycles. The standard InChI is InChI=1S/C26H26N2O3S4/c1-3-18(16-23-27(4-2)20-11-6-8-13-22(20)32-23)17-24-28(14-9-15-35(29,30)31)26-25(34-24)19-10-5-7-12-21(19)33-26/h5-8,10-13,16-17H,3-4,9,14-15H2,1-2H3/p+1. The maximum atomic E-state index is 11.3. The molecule has 0 saturated heterocycles. The number of allylic oxidation sites excluding steroid dienone is 2. The van der Waals surface area contributed by atoms with Crippen LogP contribution in [-0.2, 0) is 16.7 Å². The van der Waals surface area contributed by atoms with Crippen LogP contribution in [0, 0.1) is 0 Å². The predicted molar refractivity (Wildman–Crippen MR) is 150 cm³/mol. The van der Waals surface area contributed by atoms with Gasteiger partial charge in [0.25, 0.3) is 20.0 Å². The van der Waals surface area contributed by atoms with E-state index >= 15 is 0 Å². The predicted octanol–water partition coefficient (Wildman–Crippen LogP) is 6.95. The first kappa shape index (κ1) is 24.5. The van der Waals surface area contributed by atoms with Crippen LogP contribution in [0.3, 0.4) is 0 Å². The van der Waals surface area contributed by atoms with E-state index in [9.17, 15) is 13.0 Å². The summed E-state index contributed by atoms with van der Waals surface area (Å²) in [6, 6.07) is 16.9. The molecule has 2 aromatic carbocycles. The number of nitrogens with zero attached hydrogens (tertiary/aromatic N) is 2.